The molecule has 3 aromatic rings. The molecule has 1 heterocycles. The van der Waals surface area contributed by atoms with Crippen molar-refractivity contribution in [2.24, 2.45) is 5.73 Å². The molecule has 0 spiro atoms. The smallest absolute Gasteiger partial charge is 0.0652 e. The van der Waals surface area contributed by atoms with Gasteiger partial charge < -0.3 is 5.73 Å². The molecule has 21 heavy (non-hydrogen) atoms. The van der Waals surface area contributed by atoms with Crippen molar-refractivity contribution in [1.82, 2.24) is 4.98 Å². The third-order valence-electron chi connectivity index (χ3n) is 3.50. The molecule has 0 aliphatic rings. The van der Waals surface area contributed by atoms with Crippen LogP contribution in [0.25, 0.3) is 10.8 Å². The van der Waals surface area contributed by atoms with Gasteiger partial charge in [-0.3, -0.25) is 4.98 Å². The van der Waals surface area contributed by atoms with Gasteiger partial charge in [0, 0.05) is 21.6 Å². The fraction of sp³-hybridized carbons (Fsp3) is 0.118. The number of halogens is 2. The van der Waals surface area contributed by atoms with Gasteiger partial charge in [0.25, 0.3) is 0 Å². The predicted molar refractivity (Wildman–Crippen MR) is 88.8 cm³/mol. The lowest BCUT2D eigenvalue weighted by Crippen LogP contribution is -2.15. The van der Waals surface area contributed by atoms with Crippen LogP contribution in [0.2, 0.25) is 10.0 Å². The summed E-state index contributed by atoms with van der Waals surface area (Å²) in [4.78, 5) is 4.45. The Labute approximate surface area is 133 Å². The zero-order valence-corrected chi connectivity index (χ0v) is 12.8. The molecule has 1 atom stereocenters. The highest BCUT2D eigenvalue weighted by atomic mass is 35.5. The van der Waals surface area contributed by atoms with Crippen molar-refractivity contribution >= 4 is 34.0 Å². The Balaban J connectivity index is 1.97. The van der Waals surface area contributed by atoms with Crippen LogP contribution in [0.3, 0.4) is 0 Å². The molecular weight excluding hydrogens is 303 g/mol. The number of nitrogens with zero attached hydrogens (tertiary/aromatic N) is 1. The van der Waals surface area contributed by atoms with Crippen LogP contribution < -0.4 is 5.73 Å². The van der Waals surface area contributed by atoms with E-state index >= 15 is 0 Å². The zero-order chi connectivity index (χ0) is 14.8. The van der Waals surface area contributed by atoms with Gasteiger partial charge >= 0.3 is 0 Å². The average molecular weight is 317 g/mol. The average Bonchev–Trinajstić information content (AvgIpc) is 2.50. The first-order valence-corrected chi connectivity index (χ1v) is 7.44. The largest absolute Gasteiger partial charge is 0.322 e. The van der Waals surface area contributed by atoms with Gasteiger partial charge in [0.1, 0.15) is 0 Å². The fourth-order valence-electron chi connectivity index (χ4n) is 2.47. The highest BCUT2D eigenvalue weighted by Gasteiger charge is 2.14. The molecule has 3 rings (SSSR count). The normalized spacial score (nSPS) is 12.5. The van der Waals surface area contributed by atoms with Crippen molar-refractivity contribution < 1.29 is 0 Å². The molecule has 1 aromatic heterocycles. The molecule has 0 radical (unpaired) electrons. The molecule has 2 aromatic carbocycles. The minimum atomic E-state index is -0.230. The number of hydrogen-bond acceptors (Lipinski definition) is 2. The summed E-state index contributed by atoms with van der Waals surface area (Å²) in [7, 11) is 0. The number of rotatable bonds is 3. The first kappa shape index (κ1) is 14.3. The minimum absolute atomic E-state index is 0.230. The zero-order valence-electron chi connectivity index (χ0n) is 11.3. The van der Waals surface area contributed by atoms with Crippen molar-refractivity contribution in [1.29, 1.82) is 0 Å². The van der Waals surface area contributed by atoms with E-state index in [0.717, 1.165) is 22.0 Å². The molecule has 4 heteroatoms. The van der Waals surface area contributed by atoms with E-state index in [2.05, 4.69) is 11.1 Å². The van der Waals surface area contributed by atoms with E-state index in [9.17, 15) is 0 Å². The summed E-state index contributed by atoms with van der Waals surface area (Å²) in [6.45, 7) is 0. The van der Waals surface area contributed by atoms with Crippen molar-refractivity contribution in [3.63, 3.8) is 0 Å². The summed E-state index contributed by atoms with van der Waals surface area (Å²) < 4.78 is 0. The van der Waals surface area contributed by atoms with Crippen molar-refractivity contribution in [2.75, 3.05) is 0 Å². The van der Waals surface area contributed by atoms with Crippen LogP contribution in [0.1, 0.15) is 17.3 Å². The number of hydrogen-bond donors (Lipinski definition) is 1. The van der Waals surface area contributed by atoms with E-state index in [-0.39, 0.29) is 6.04 Å². The summed E-state index contributed by atoms with van der Waals surface area (Å²) >= 11 is 12.2. The van der Waals surface area contributed by atoms with Crippen LogP contribution in [0, 0.1) is 0 Å². The Kier molecular flexibility index (Phi) is 4.11. The van der Waals surface area contributed by atoms with Crippen molar-refractivity contribution in [3.8, 4) is 0 Å². The lowest BCUT2D eigenvalue weighted by atomic mass is 9.99. The number of benzene rings is 2. The summed E-state index contributed by atoms with van der Waals surface area (Å²) in [5, 5.41) is 3.54. The van der Waals surface area contributed by atoms with E-state index in [1.54, 1.807) is 18.3 Å². The monoisotopic (exact) mass is 316 g/mol. The van der Waals surface area contributed by atoms with Crippen LogP contribution >= 0.6 is 23.2 Å². The minimum Gasteiger partial charge on any atom is -0.322 e. The van der Waals surface area contributed by atoms with Crippen LogP contribution in [0.5, 0.6) is 0 Å². The van der Waals surface area contributed by atoms with Crippen LogP contribution in [0.4, 0.5) is 0 Å². The number of nitrogens with two attached hydrogens (primary N) is 1. The highest BCUT2D eigenvalue weighted by Crippen LogP contribution is 2.27. The maximum absolute atomic E-state index is 6.35. The summed E-state index contributed by atoms with van der Waals surface area (Å²) in [6.07, 6.45) is 2.39. The van der Waals surface area contributed by atoms with Gasteiger partial charge in [-0.15, -0.1) is 0 Å². The van der Waals surface area contributed by atoms with Crippen LogP contribution in [-0.2, 0) is 6.42 Å². The second kappa shape index (κ2) is 6.02. The third-order valence-corrected chi connectivity index (χ3v) is 4.11. The molecule has 0 fully saturated rings. The van der Waals surface area contributed by atoms with Gasteiger partial charge in [0.15, 0.2) is 0 Å². The van der Waals surface area contributed by atoms with Crippen molar-refractivity contribution in [3.05, 3.63) is 76.0 Å². The van der Waals surface area contributed by atoms with E-state index in [4.69, 9.17) is 28.9 Å². The fourth-order valence-corrected chi connectivity index (χ4v) is 2.86. The topological polar surface area (TPSA) is 38.9 Å². The SMILES string of the molecule is NC(Cc1cc(Cl)ccc1Cl)c1nccc2ccccc12. The van der Waals surface area contributed by atoms with Gasteiger partial charge in [-0.05, 0) is 41.6 Å². The van der Waals surface area contributed by atoms with Gasteiger partial charge in [0.2, 0.25) is 0 Å². The number of fused-ring (bicyclic) bond motifs is 1. The first-order chi connectivity index (χ1) is 10.1. The van der Waals surface area contributed by atoms with Crippen molar-refractivity contribution in [2.45, 2.75) is 12.5 Å². The molecule has 106 valence electrons. The summed E-state index contributed by atoms with van der Waals surface area (Å²) in [6, 6.07) is 15.3. The second-order valence-corrected chi connectivity index (χ2v) is 5.81. The van der Waals surface area contributed by atoms with Gasteiger partial charge in [-0.25, -0.2) is 0 Å². The van der Waals surface area contributed by atoms with Gasteiger partial charge in [-0.2, -0.15) is 0 Å². The van der Waals surface area contributed by atoms with Crippen LogP contribution in [-0.4, -0.2) is 4.98 Å². The lowest BCUT2D eigenvalue weighted by Gasteiger charge is -2.15. The van der Waals surface area contributed by atoms with Gasteiger partial charge in [0.05, 0.1) is 11.7 Å². The number of aromatic nitrogens is 1. The van der Waals surface area contributed by atoms with Gasteiger partial charge in [-0.1, -0.05) is 47.5 Å². The molecule has 0 aliphatic heterocycles. The Hall–Kier alpha value is -1.61. The molecule has 2 nitrogen and oxygen atoms in total. The summed E-state index contributed by atoms with van der Waals surface area (Å²) in [5.74, 6) is 0. The first-order valence-electron chi connectivity index (χ1n) is 6.68. The quantitative estimate of drug-likeness (QED) is 0.755. The number of pyridine rings is 1. The van der Waals surface area contributed by atoms with E-state index in [1.807, 2.05) is 30.3 Å². The Morgan fingerprint density at radius 3 is 2.71 bits per heavy atom. The highest BCUT2D eigenvalue weighted by molar-refractivity contribution is 6.33. The second-order valence-electron chi connectivity index (χ2n) is 4.96. The van der Waals surface area contributed by atoms with E-state index in [0.29, 0.717) is 16.5 Å². The maximum atomic E-state index is 6.35. The Morgan fingerprint density at radius 1 is 1.05 bits per heavy atom. The molecule has 0 aliphatic carbocycles. The standard InChI is InChI=1S/C17H14Cl2N2/c18-13-5-6-15(19)12(9-13)10-16(20)17-14-4-2-1-3-11(14)7-8-21-17/h1-9,16H,10,20H2. The maximum Gasteiger partial charge on any atom is 0.0652 e. The van der Waals surface area contributed by atoms with E-state index in [1.165, 1.54) is 0 Å². The molecule has 0 saturated carbocycles. The third kappa shape index (κ3) is 3.03. The molecule has 2 N–H and O–H groups in total. The molecule has 0 bridgehead atoms. The summed E-state index contributed by atoms with van der Waals surface area (Å²) in [5.41, 5.74) is 8.16. The predicted octanol–water partition coefficient (Wildman–Crippen LogP) is 4.78. The molecule has 1 unspecified atom stereocenters. The van der Waals surface area contributed by atoms with Crippen LogP contribution in [0.15, 0.2) is 54.7 Å². The Morgan fingerprint density at radius 2 is 1.86 bits per heavy atom. The molecule has 0 saturated heterocycles. The Bertz CT molecular complexity index is 781. The lowest BCUT2D eigenvalue weighted by molar-refractivity contribution is 0.704. The molecular formula is C17H14Cl2N2. The van der Waals surface area contributed by atoms with E-state index < -0.39 is 0 Å². The molecule has 0 amide bonds.